The van der Waals surface area contributed by atoms with E-state index >= 15 is 0 Å². The molecule has 6 heteroatoms. The van der Waals surface area contributed by atoms with Crippen molar-refractivity contribution in [1.29, 1.82) is 0 Å². The molecule has 2 aromatic carbocycles. The molecule has 4 nitrogen and oxygen atoms in total. The largest absolute Gasteiger partial charge is 0.380 e. The van der Waals surface area contributed by atoms with Crippen molar-refractivity contribution in [3.63, 3.8) is 0 Å². The van der Waals surface area contributed by atoms with Crippen LogP contribution < -0.4 is 4.72 Å². The van der Waals surface area contributed by atoms with Crippen LogP contribution in [0.1, 0.15) is 5.56 Å². The molecular formula is C14H14BrNO3S. The zero-order valence-electron chi connectivity index (χ0n) is 10.8. The Labute approximate surface area is 127 Å². The number of ether oxygens (including phenoxy) is 1. The quantitative estimate of drug-likeness (QED) is 0.894. The highest BCUT2D eigenvalue weighted by Gasteiger charge is 2.14. The smallest absolute Gasteiger partial charge is 0.261 e. The van der Waals surface area contributed by atoms with E-state index < -0.39 is 10.0 Å². The van der Waals surface area contributed by atoms with Gasteiger partial charge in [0.05, 0.1) is 11.5 Å². The van der Waals surface area contributed by atoms with E-state index in [-0.39, 0.29) is 4.90 Å². The molecule has 0 aromatic heterocycles. The van der Waals surface area contributed by atoms with Crippen LogP contribution in [0.15, 0.2) is 57.9 Å². The standard InChI is InChI=1S/C14H14BrNO3S/c1-19-10-11-5-7-14(8-6-11)20(17,18)16-13-4-2-3-12(15)9-13/h2-9,16H,10H2,1H3. The Morgan fingerprint density at radius 2 is 1.85 bits per heavy atom. The Bertz CT molecular complexity index is 684. The first-order valence-electron chi connectivity index (χ1n) is 5.87. The molecule has 20 heavy (non-hydrogen) atoms. The first-order chi connectivity index (χ1) is 9.51. The van der Waals surface area contributed by atoms with Crippen molar-refractivity contribution in [2.24, 2.45) is 0 Å². The molecule has 0 atom stereocenters. The van der Waals surface area contributed by atoms with Crippen molar-refractivity contribution >= 4 is 31.6 Å². The van der Waals surface area contributed by atoms with Gasteiger partial charge in [-0.1, -0.05) is 34.1 Å². The highest BCUT2D eigenvalue weighted by molar-refractivity contribution is 9.10. The molecule has 2 aromatic rings. The summed E-state index contributed by atoms with van der Waals surface area (Å²) in [6.45, 7) is 0.458. The fraction of sp³-hybridized carbons (Fsp3) is 0.143. The molecule has 0 aliphatic rings. The van der Waals surface area contributed by atoms with Crippen LogP contribution in [0.25, 0.3) is 0 Å². The molecule has 0 amide bonds. The van der Waals surface area contributed by atoms with Crippen molar-refractivity contribution in [3.8, 4) is 0 Å². The van der Waals surface area contributed by atoms with E-state index in [1.54, 1.807) is 49.6 Å². The van der Waals surface area contributed by atoms with Gasteiger partial charge in [0.25, 0.3) is 10.0 Å². The van der Waals surface area contributed by atoms with E-state index in [0.29, 0.717) is 12.3 Å². The van der Waals surface area contributed by atoms with Crippen LogP contribution in [0.3, 0.4) is 0 Å². The maximum absolute atomic E-state index is 12.2. The summed E-state index contributed by atoms with van der Waals surface area (Å²) in [7, 11) is -1.98. The third-order valence-electron chi connectivity index (χ3n) is 2.62. The lowest BCUT2D eigenvalue weighted by molar-refractivity contribution is 0.185. The Balaban J connectivity index is 2.21. The number of rotatable bonds is 5. The summed E-state index contributed by atoms with van der Waals surface area (Å²) in [5, 5.41) is 0. The van der Waals surface area contributed by atoms with Crippen molar-refractivity contribution in [2.75, 3.05) is 11.8 Å². The van der Waals surface area contributed by atoms with Gasteiger partial charge in [-0.2, -0.15) is 0 Å². The van der Waals surface area contributed by atoms with Gasteiger partial charge in [0, 0.05) is 17.3 Å². The summed E-state index contributed by atoms with van der Waals surface area (Å²) in [5.41, 5.74) is 1.44. The lowest BCUT2D eigenvalue weighted by atomic mass is 10.2. The lowest BCUT2D eigenvalue weighted by Crippen LogP contribution is -2.12. The minimum Gasteiger partial charge on any atom is -0.380 e. The molecule has 0 bridgehead atoms. The van der Waals surface area contributed by atoms with Gasteiger partial charge >= 0.3 is 0 Å². The molecule has 2 rings (SSSR count). The van der Waals surface area contributed by atoms with Gasteiger partial charge in [-0.15, -0.1) is 0 Å². The number of hydrogen-bond donors (Lipinski definition) is 1. The van der Waals surface area contributed by atoms with Gasteiger partial charge in [0.15, 0.2) is 0 Å². The van der Waals surface area contributed by atoms with Gasteiger partial charge in [0.1, 0.15) is 0 Å². The minimum atomic E-state index is -3.57. The molecule has 0 saturated carbocycles. The highest BCUT2D eigenvalue weighted by Crippen LogP contribution is 2.20. The van der Waals surface area contributed by atoms with Gasteiger partial charge in [-0.05, 0) is 35.9 Å². The van der Waals surface area contributed by atoms with Gasteiger partial charge < -0.3 is 4.74 Å². The number of halogens is 1. The second kappa shape index (κ2) is 6.39. The van der Waals surface area contributed by atoms with Crippen LogP contribution in [0.2, 0.25) is 0 Å². The number of anilines is 1. The fourth-order valence-corrected chi connectivity index (χ4v) is 3.15. The van der Waals surface area contributed by atoms with E-state index in [0.717, 1.165) is 10.0 Å². The monoisotopic (exact) mass is 355 g/mol. The van der Waals surface area contributed by atoms with Crippen LogP contribution in [-0.4, -0.2) is 15.5 Å². The number of nitrogens with one attached hydrogen (secondary N) is 1. The maximum atomic E-state index is 12.2. The average Bonchev–Trinajstić information content (AvgIpc) is 2.39. The topological polar surface area (TPSA) is 55.4 Å². The van der Waals surface area contributed by atoms with Crippen LogP contribution in [-0.2, 0) is 21.4 Å². The predicted octanol–water partition coefficient (Wildman–Crippen LogP) is 3.40. The Morgan fingerprint density at radius 3 is 2.45 bits per heavy atom. The summed E-state index contributed by atoms with van der Waals surface area (Å²) in [5.74, 6) is 0. The van der Waals surface area contributed by atoms with Crippen LogP contribution in [0.4, 0.5) is 5.69 Å². The summed E-state index contributed by atoms with van der Waals surface area (Å²) < 4.78 is 32.8. The van der Waals surface area contributed by atoms with E-state index in [1.165, 1.54) is 0 Å². The highest BCUT2D eigenvalue weighted by atomic mass is 79.9. The van der Waals surface area contributed by atoms with Crippen LogP contribution in [0.5, 0.6) is 0 Å². The summed E-state index contributed by atoms with van der Waals surface area (Å²) in [6, 6.07) is 13.6. The molecule has 106 valence electrons. The predicted molar refractivity (Wildman–Crippen MR) is 82.1 cm³/mol. The van der Waals surface area contributed by atoms with E-state index in [4.69, 9.17) is 4.74 Å². The Kier molecular flexibility index (Phi) is 4.80. The van der Waals surface area contributed by atoms with Crippen molar-refractivity contribution < 1.29 is 13.2 Å². The zero-order chi connectivity index (χ0) is 14.6. The Hall–Kier alpha value is -1.37. The fourth-order valence-electron chi connectivity index (χ4n) is 1.70. The molecule has 0 fully saturated rings. The summed E-state index contributed by atoms with van der Waals surface area (Å²) in [4.78, 5) is 0.220. The van der Waals surface area contributed by atoms with Crippen LogP contribution in [0, 0.1) is 0 Å². The normalized spacial score (nSPS) is 11.3. The molecule has 0 aliphatic carbocycles. The van der Waals surface area contributed by atoms with Gasteiger partial charge in [-0.25, -0.2) is 8.42 Å². The molecular weight excluding hydrogens is 342 g/mol. The van der Waals surface area contributed by atoms with E-state index in [9.17, 15) is 8.42 Å². The third kappa shape index (κ3) is 3.82. The minimum absolute atomic E-state index is 0.220. The van der Waals surface area contributed by atoms with E-state index in [1.807, 2.05) is 6.07 Å². The van der Waals surface area contributed by atoms with Crippen LogP contribution >= 0.6 is 15.9 Å². The molecule has 0 radical (unpaired) electrons. The third-order valence-corrected chi connectivity index (χ3v) is 4.51. The number of benzene rings is 2. The summed E-state index contributed by atoms with van der Waals surface area (Å²) in [6.07, 6.45) is 0. The average molecular weight is 356 g/mol. The second-order valence-corrected chi connectivity index (χ2v) is 6.79. The first kappa shape index (κ1) is 15.0. The molecule has 0 heterocycles. The molecule has 1 N–H and O–H groups in total. The van der Waals surface area contributed by atoms with E-state index in [2.05, 4.69) is 20.7 Å². The van der Waals surface area contributed by atoms with Crippen molar-refractivity contribution in [2.45, 2.75) is 11.5 Å². The molecule has 0 aliphatic heterocycles. The number of methoxy groups -OCH3 is 1. The van der Waals surface area contributed by atoms with Gasteiger partial charge in [0.2, 0.25) is 0 Å². The van der Waals surface area contributed by atoms with Crippen molar-refractivity contribution in [1.82, 2.24) is 0 Å². The van der Waals surface area contributed by atoms with Gasteiger partial charge in [-0.3, -0.25) is 4.72 Å². The summed E-state index contributed by atoms with van der Waals surface area (Å²) >= 11 is 3.30. The number of sulfonamides is 1. The maximum Gasteiger partial charge on any atom is 0.261 e. The molecule has 0 spiro atoms. The SMILES string of the molecule is COCc1ccc(S(=O)(=O)Nc2cccc(Br)c2)cc1. The lowest BCUT2D eigenvalue weighted by Gasteiger charge is -2.09. The number of hydrogen-bond acceptors (Lipinski definition) is 3. The molecule has 0 saturated heterocycles. The molecule has 0 unspecified atom stereocenters. The Morgan fingerprint density at radius 1 is 1.15 bits per heavy atom. The zero-order valence-corrected chi connectivity index (χ0v) is 13.2. The first-order valence-corrected chi connectivity index (χ1v) is 8.15. The van der Waals surface area contributed by atoms with Crippen molar-refractivity contribution in [3.05, 3.63) is 58.6 Å². The second-order valence-electron chi connectivity index (χ2n) is 4.19.